The summed E-state index contributed by atoms with van der Waals surface area (Å²) < 4.78 is 0. The number of benzene rings is 1. The minimum absolute atomic E-state index is 0.120. The van der Waals surface area contributed by atoms with E-state index < -0.39 is 0 Å². The molecule has 0 radical (unpaired) electrons. The number of rotatable bonds is 3. The Balaban J connectivity index is 2.23. The van der Waals surface area contributed by atoms with Gasteiger partial charge in [0, 0.05) is 12.4 Å². The van der Waals surface area contributed by atoms with Crippen molar-refractivity contribution in [2.45, 2.75) is 25.1 Å². The molecular weight excluding hydrogens is 230 g/mol. The molecule has 2 rings (SSSR count). The molecule has 0 aliphatic heterocycles. The van der Waals surface area contributed by atoms with E-state index in [0.29, 0.717) is 5.92 Å². The van der Waals surface area contributed by atoms with Crippen molar-refractivity contribution in [3.63, 3.8) is 0 Å². The Kier molecular flexibility index (Phi) is 3.80. The maximum absolute atomic E-state index is 6.42. The minimum Gasteiger partial charge on any atom is -0.264 e. The molecule has 0 saturated carbocycles. The molecule has 2 aromatic rings. The summed E-state index contributed by atoms with van der Waals surface area (Å²) >= 11 is 6.42. The second-order valence-electron chi connectivity index (χ2n) is 4.47. The fourth-order valence-electron chi connectivity index (χ4n) is 1.77. The quantitative estimate of drug-likeness (QED) is 0.724. The van der Waals surface area contributed by atoms with Crippen molar-refractivity contribution in [1.82, 2.24) is 4.98 Å². The van der Waals surface area contributed by atoms with Crippen LogP contribution in [0.2, 0.25) is 0 Å². The summed E-state index contributed by atoms with van der Waals surface area (Å²) in [6, 6.07) is 12.4. The van der Waals surface area contributed by atoms with Gasteiger partial charge in [0.15, 0.2) is 0 Å². The molecule has 0 aliphatic carbocycles. The maximum Gasteiger partial charge on any atom is 0.0850 e. The minimum atomic E-state index is -0.120. The molecule has 1 aromatic carbocycles. The van der Waals surface area contributed by atoms with Crippen LogP contribution in [0, 0.1) is 0 Å². The lowest BCUT2D eigenvalue weighted by Crippen LogP contribution is -1.95. The van der Waals surface area contributed by atoms with E-state index in [1.165, 1.54) is 5.56 Å². The molecule has 0 bridgehead atoms. The molecule has 0 N–H and O–H groups in total. The van der Waals surface area contributed by atoms with Crippen molar-refractivity contribution < 1.29 is 0 Å². The molecule has 0 amide bonds. The van der Waals surface area contributed by atoms with Gasteiger partial charge >= 0.3 is 0 Å². The Morgan fingerprint density at radius 1 is 0.941 bits per heavy atom. The highest BCUT2D eigenvalue weighted by Gasteiger charge is 2.10. The summed E-state index contributed by atoms with van der Waals surface area (Å²) in [7, 11) is 0. The average molecular weight is 246 g/mol. The Bertz CT molecular complexity index is 462. The van der Waals surface area contributed by atoms with E-state index in [4.69, 9.17) is 11.6 Å². The van der Waals surface area contributed by atoms with Crippen molar-refractivity contribution in [3.05, 3.63) is 65.5 Å². The van der Waals surface area contributed by atoms with Crippen LogP contribution >= 0.6 is 11.6 Å². The van der Waals surface area contributed by atoms with Gasteiger partial charge in [-0.2, -0.15) is 0 Å². The lowest BCUT2D eigenvalue weighted by Gasteiger charge is -2.11. The van der Waals surface area contributed by atoms with Crippen LogP contribution in [-0.2, 0) is 0 Å². The lowest BCUT2D eigenvalue weighted by molar-refractivity contribution is 0.865. The van der Waals surface area contributed by atoms with Gasteiger partial charge in [-0.25, -0.2) is 0 Å². The van der Waals surface area contributed by atoms with Gasteiger partial charge < -0.3 is 0 Å². The molecular formula is C15H16ClN. The number of hydrogen-bond acceptors (Lipinski definition) is 1. The molecule has 0 aliphatic rings. The summed E-state index contributed by atoms with van der Waals surface area (Å²) in [4.78, 5) is 4.09. The normalized spacial score (nSPS) is 12.7. The number of aromatic nitrogens is 1. The number of nitrogens with zero attached hydrogens (tertiary/aromatic N) is 1. The second kappa shape index (κ2) is 5.33. The van der Waals surface area contributed by atoms with E-state index in [9.17, 15) is 0 Å². The first kappa shape index (κ1) is 12.1. The predicted molar refractivity (Wildman–Crippen MR) is 72.5 cm³/mol. The van der Waals surface area contributed by atoms with E-state index in [1.54, 1.807) is 6.20 Å². The zero-order valence-corrected chi connectivity index (χ0v) is 10.9. The number of pyridine rings is 1. The summed E-state index contributed by atoms with van der Waals surface area (Å²) in [6.45, 7) is 4.38. The molecule has 0 spiro atoms. The van der Waals surface area contributed by atoms with Gasteiger partial charge in [0.05, 0.1) is 5.38 Å². The number of hydrogen-bond donors (Lipinski definition) is 0. The lowest BCUT2D eigenvalue weighted by atomic mass is 9.99. The van der Waals surface area contributed by atoms with Gasteiger partial charge in [-0.3, -0.25) is 4.98 Å². The fourth-order valence-corrected chi connectivity index (χ4v) is 2.04. The van der Waals surface area contributed by atoms with Crippen LogP contribution in [0.15, 0.2) is 48.8 Å². The van der Waals surface area contributed by atoms with E-state index in [1.807, 2.05) is 18.3 Å². The van der Waals surface area contributed by atoms with Gasteiger partial charge in [0.25, 0.3) is 0 Å². The van der Waals surface area contributed by atoms with Crippen molar-refractivity contribution in [2.24, 2.45) is 0 Å². The third kappa shape index (κ3) is 2.86. The average Bonchev–Trinajstić information content (AvgIpc) is 2.39. The van der Waals surface area contributed by atoms with Crippen LogP contribution in [0.5, 0.6) is 0 Å². The SMILES string of the molecule is CC(C)c1ccc(C(Cl)c2cccnc2)cc1. The van der Waals surface area contributed by atoms with E-state index >= 15 is 0 Å². The largest absolute Gasteiger partial charge is 0.264 e. The van der Waals surface area contributed by atoms with Crippen molar-refractivity contribution in [3.8, 4) is 0 Å². The molecule has 1 heterocycles. The molecule has 17 heavy (non-hydrogen) atoms. The van der Waals surface area contributed by atoms with Gasteiger partial charge in [0.1, 0.15) is 0 Å². The van der Waals surface area contributed by atoms with Crippen LogP contribution in [0.3, 0.4) is 0 Å². The molecule has 1 atom stereocenters. The Morgan fingerprint density at radius 3 is 2.12 bits per heavy atom. The Hall–Kier alpha value is -1.34. The fraction of sp³-hybridized carbons (Fsp3) is 0.267. The zero-order chi connectivity index (χ0) is 12.3. The smallest absolute Gasteiger partial charge is 0.0850 e. The summed E-state index contributed by atoms with van der Waals surface area (Å²) in [6.07, 6.45) is 3.57. The van der Waals surface area contributed by atoms with Crippen molar-refractivity contribution >= 4 is 11.6 Å². The van der Waals surface area contributed by atoms with Gasteiger partial charge in [0.2, 0.25) is 0 Å². The predicted octanol–water partition coefficient (Wildman–Crippen LogP) is 4.53. The first-order valence-electron chi connectivity index (χ1n) is 5.82. The summed E-state index contributed by atoms with van der Waals surface area (Å²) in [5.41, 5.74) is 3.49. The number of alkyl halides is 1. The highest BCUT2D eigenvalue weighted by Crippen LogP contribution is 2.28. The standard InChI is InChI=1S/C15H16ClN/c1-11(2)12-5-7-13(8-6-12)15(16)14-4-3-9-17-10-14/h3-11,15H,1-2H3. The van der Waals surface area contributed by atoms with Crippen LogP contribution in [0.25, 0.3) is 0 Å². The summed E-state index contributed by atoms with van der Waals surface area (Å²) in [5.74, 6) is 0.552. The van der Waals surface area contributed by atoms with Crippen LogP contribution in [0.1, 0.15) is 41.8 Å². The third-order valence-corrected chi connectivity index (χ3v) is 3.38. The van der Waals surface area contributed by atoms with Crippen molar-refractivity contribution in [2.75, 3.05) is 0 Å². The first-order valence-corrected chi connectivity index (χ1v) is 6.26. The molecule has 88 valence electrons. The second-order valence-corrected chi connectivity index (χ2v) is 4.91. The van der Waals surface area contributed by atoms with E-state index in [-0.39, 0.29) is 5.38 Å². The topological polar surface area (TPSA) is 12.9 Å². The highest BCUT2D eigenvalue weighted by molar-refractivity contribution is 6.22. The molecule has 2 heteroatoms. The van der Waals surface area contributed by atoms with Gasteiger partial charge in [-0.05, 0) is 28.7 Å². The van der Waals surface area contributed by atoms with E-state index in [2.05, 4.69) is 43.1 Å². The summed E-state index contributed by atoms with van der Waals surface area (Å²) in [5, 5.41) is -0.120. The van der Waals surface area contributed by atoms with Crippen molar-refractivity contribution in [1.29, 1.82) is 0 Å². The first-order chi connectivity index (χ1) is 8.18. The zero-order valence-electron chi connectivity index (χ0n) is 10.1. The molecule has 0 saturated heterocycles. The van der Waals surface area contributed by atoms with Crippen LogP contribution < -0.4 is 0 Å². The maximum atomic E-state index is 6.42. The van der Waals surface area contributed by atoms with E-state index in [0.717, 1.165) is 11.1 Å². The molecule has 1 nitrogen and oxygen atoms in total. The van der Waals surface area contributed by atoms with Gasteiger partial charge in [-0.1, -0.05) is 44.2 Å². The highest BCUT2D eigenvalue weighted by atomic mass is 35.5. The number of halogens is 1. The third-order valence-electron chi connectivity index (χ3n) is 2.87. The van der Waals surface area contributed by atoms with Crippen LogP contribution in [0.4, 0.5) is 0 Å². The molecule has 0 fully saturated rings. The van der Waals surface area contributed by atoms with Gasteiger partial charge in [-0.15, -0.1) is 11.6 Å². The Morgan fingerprint density at radius 2 is 1.59 bits per heavy atom. The monoisotopic (exact) mass is 245 g/mol. The Labute approximate surface area is 107 Å². The molecule has 1 unspecified atom stereocenters. The van der Waals surface area contributed by atoms with Crippen LogP contribution in [-0.4, -0.2) is 4.98 Å². The molecule has 1 aromatic heterocycles.